The number of hydrogen-bond donors (Lipinski definition) is 2. The summed E-state index contributed by atoms with van der Waals surface area (Å²) in [7, 11) is 2.09. The van der Waals surface area contributed by atoms with Gasteiger partial charge in [0.25, 0.3) is 0 Å². The van der Waals surface area contributed by atoms with E-state index in [-0.39, 0.29) is 5.82 Å². The van der Waals surface area contributed by atoms with Crippen LogP contribution in [-0.4, -0.2) is 58.9 Å². The summed E-state index contributed by atoms with van der Waals surface area (Å²) in [6.45, 7) is 6.17. The Kier molecular flexibility index (Phi) is 7.98. The zero-order chi connectivity index (χ0) is 27.4. The van der Waals surface area contributed by atoms with Crippen LogP contribution in [0.25, 0.3) is 11.1 Å². The summed E-state index contributed by atoms with van der Waals surface area (Å²) in [6.07, 6.45) is 3.27. The summed E-state index contributed by atoms with van der Waals surface area (Å²) in [6, 6.07) is 10.5. The average Bonchev–Trinajstić information content (AvgIpc) is 3.44. The molecule has 7 nitrogen and oxygen atoms in total. The monoisotopic (exact) mass is 540 g/mol. The molecular formula is C30H29FN6OS. The number of benzene rings is 2. The van der Waals surface area contributed by atoms with E-state index >= 15 is 4.39 Å². The third-order valence-electron chi connectivity index (χ3n) is 6.77. The SMILES string of the molecule is Cc1ccc(C(N)=O)c(-c2ccc(CN3CCN(C)CC3)c(F)c2)c1C#Cc1cnc(Nc2ccsc2)nc1. The molecule has 0 aliphatic carbocycles. The minimum Gasteiger partial charge on any atom is -0.366 e. The number of halogens is 1. The van der Waals surface area contributed by atoms with Gasteiger partial charge in [-0.3, -0.25) is 9.69 Å². The Morgan fingerprint density at radius 3 is 2.54 bits per heavy atom. The molecule has 1 amide bonds. The minimum absolute atomic E-state index is 0.294. The molecule has 1 fully saturated rings. The van der Waals surface area contributed by atoms with Crippen molar-refractivity contribution in [2.24, 2.45) is 5.73 Å². The number of carbonyl (C=O) groups excluding carboxylic acids is 1. The lowest BCUT2D eigenvalue weighted by atomic mass is 9.90. The predicted octanol–water partition coefficient (Wildman–Crippen LogP) is 4.64. The first kappa shape index (κ1) is 26.5. The van der Waals surface area contributed by atoms with Gasteiger partial charge in [0.05, 0.1) is 11.3 Å². The largest absolute Gasteiger partial charge is 0.366 e. The summed E-state index contributed by atoms with van der Waals surface area (Å²) in [5.74, 6) is 5.82. The molecule has 5 rings (SSSR count). The second-order valence-electron chi connectivity index (χ2n) is 9.61. The van der Waals surface area contributed by atoms with Crippen LogP contribution >= 0.6 is 11.3 Å². The van der Waals surface area contributed by atoms with Gasteiger partial charge in [-0.1, -0.05) is 30.0 Å². The molecule has 0 unspecified atom stereocenters. The van der Waals surface area contributed by atoms with Crippen LogP contribution < -0.4 is 11.1 Å². The number of aryl methyl sites for hydroxylation is 1. The first-order chi connectivity index (χ1) is 18.9. The highest BCUT2D eigenvalue weighted by Gasteiger charge is 2.19. The van der Waals surface area contributed by atoms with Crippen LogP contribution in [0, 0.1) is 24.6 Å². The maximum Gasteiger partial charge on any atom is 0.249 e. The fraction of sp³-hybridized carbons (Fsp3) is 0.233. The molecule has 0 bridgehead atoms. The van der Waals surface area contributed by atoms with Gasteiger partial charge in [0.2, 0.25) is 11.9 Å². The topological polar surface area (TPSA) is 87.4 Å². The third-order valence-corrected chi connectivity index (χ3v) is 7.45. The summed E-state index contributed by atoms with van der Waals surface area (Å²) in [5, 5.41) is 7.06. The molecule has 2 aromatic heterocycles. The van der Waals surface area contributed by atoms with Crippen molar-refractivity contribution < 1.29 is 9.18 Å². The van der Waals surface area contributed by atoms with E-state index in [1.807, 2.05) is 29.8 Å². The van der Waals surface area contributed by atoms with Crippen molar-refractivity contribution in [2.45, 2.75) is 13.5 Å². The number of aromatic nitrogens is 2. The molecule has 0 saturated carbocycles. The Hall–Kier alpha value is -4.10. The maximum absolute atomic E-state index is 15.3. The maximum atomic E-state index is 15.3. The van der Waals surface area contributed by atoms with E-state index in [0.29, 0.717) is 45.9 Å². The van der Waals surface area contributed by atoms with Crippen molar-refractivity contribution in [1.29, 1.82) is 0 Å². The Morgan fingerprint density at radius 1 is 1.10 bits per heavy atom. The number of piperazine rings is 1. The highest BCUT2D eigenvalue weighted by Crippen LogP contribution is 2.31. The number of carbonyl (C=O) groups is 1. The Labute approximate surface area is 231 Å². The van der Waals surface area contributed by atoms with E-state index in [4.69, 9.17) is 5.73 Å². The van der Waals surface area contributed by atoms with Crippen molar-refractivity contribution in [3.05, 3.63) is 93.2 Å². The second kappa shape index (κ2) is 11.7. The Morgan fingerprint density at radius 2 is 1.87 bits per heavy atom. The summed E-state index contributed by atoms with van der Waals surface area (Å²) in [5.41, 5.74) is 10.7. The number of nitrogens with zero attached hydrogens (tertiary/aromatic N) is 4. The average molecular weight is 541 g/mol. The van der Waals surface area contributed by atoms with Crippen molar-refractivity contribution >= 4 is 28.9 Å². The normalized spacial score (nSPS) is 14.0. The number of amides is 1. The molecule has 2 aromatic carbocycles. The molecule has 3 heterocycles. The molecule has 1 aliphatic heterocycles. The fourth-order valence-electron chi connectivity index (χ4n) is 4.51. The van der Waals surface area contributed by atoms with E-state index in [1.165, 1.54) is 6.07 Å². The lowest BCUT2D eigenvalue weighted by Gasteiger charge is -2.32. The Balaban J connectivity index is 1.45. The number of nitrogens with one attached hydrogen (secondary N) is 1. The molecule has 39 heavy (non-hydrogen) atoms. The number of anilines is 2. The molecule has 198 valence electrons. The molecule has 3 N–H and O–H groups in total. The van der Waals surface area contributed by atoms with Gasteiger partial charge in [-0.25, -0.2) is 14.4 Å². The van der Waals surface area contributed by atoms with Gasteiger partial charge in [-0.2, -0.15) is 11.3 Å². The highest BCUT2D eigenvalue weighted by molar-refractivity contribution is 7.08. The van der Waals surface area contributed by atoms with E-state index < -0.39 is 5.91 Å². The lowest BCUT2D eigenvalue weighted by molar-refractivity contribution is 0.100. The number of likely N-dealkylation sites (N-methyl/N-ethyl adjacent to an activating group) is 1. The lowest BCUT2D eigenvalue weighted by Crippen LogP contribution is -2.44. The van der Waals surface area contributed by atoms with Crippen LogP contribution in [0.2, 0.25) is 0 Å². The summed E-state index contributed by atoms with van der Waals surface area (Å²) < 4.78 is 15.3. The van der Waals surface area contributed by atoms with Crippen LogP contribution in [0.5, 0.6) is 0 Å². The van der Waals surface area contributed by atoms with E-state index in [9.17, 15) is 4.79 Å². The fourth-order valence-corrected chi connectivity index (χ4v) is 5.10. The van der Waals surface area contributed by atoms with Gasteiger partial charge in [0, 0.05) is 72.8 Å². The predicted molar refractivity (Wildman–Crippen MR) is 153 cm³/mol. The summed E-state index contributed by atoms with van der Waals surface area (Å²) in [4.78, 5) is 25.6. The van der Waals surface area contributed by atoms with Crippen molar-refractivity contribution in [1.82, 2.24) is 19.8 Å². The Bertz CT molecular complexity index is 1530. The van der Waals surface area contributed by atoms with Gasteiger partial charge in [0.15, 0.2) is 0 Å². The third kappa shape index (κ3) is 6.32. The van der Waals surface area contributed by atoms with E-state index in [2.05, 4.69) is 44.0 Å². The van der Waals surface area contributed by atoms with Gasteiger partial charge < -0.3 is 16.0 Å². The number of thiophene rings is 1. The van der Waals surface area contributed by atoms with Crippen molar-refractivity contribution in [2.75, 3.05) is 38.5 Å². The van der Waals surface area contributed by atoms with Crippen LogP contribution in [0.4, 0.5) is 16.0 Å². The molecule has 4 aromatic rings. The molecule has 9 heteroatoms. The van der Waals surface area contributed by atoms with E-state index in [1.54, 1.807) is 41.9 Å². The molecule has 0 atom stereocenters. The van der Waals surface area contributed by atoms with Crippen LogP contribution in [0.3, 0.4) is 0 Å². The minimum atomic E-state index is -0.595. The zero-order valence-corrected chi connectivity index (χ0v) is 22.7. The first-order valence-corrected chi connectivity index (χ1v) is 13.6. The zero-order valence-electron chi connectivity index (χ0n) is 21.9. The number of nitrogens with two attached hydrogens (primary N) is 1. The molecule has 0 radical (unpaired) electrons. The van der Waals surface area contributed by atoms with Crippen LogP contribution in [-0.2, 0) is 6.54 Å². The first-order valence-electron chi connectivity index (χ1n) is 12.6. The molecule has 0 spiro atoms. The molecule has 1 saturated heterocycles. The second-order valence-corrected chi connectivity index (χ2v) is 10.4. The number of primary amides is 1. The molecular weight excluding hydrogens is 511 g/mol. The van der Waals surface area contributed by atoms with Gasteiger partial charge in [-0.15, -0.1) is 0 Å². The standard InChI is InChI=1S/C30H29FN6OS/c1-20-3-7-26(29(32)38)28(22-5-6-23(27(31)15-22)18-37-12-10-36(2)11-13-37)25(20)8-4-21-16-33-30(34-17-21)35-24-9-14-39-19-24/h3,5-7,9,14-17,19H,10-13,18H2,1-2H3,(H2,32,38)(H,33,34,35). The van der Waals surface area contributed by atoms with Gasteiger partial charge in [-0.05, 0) is 48.7 Å². The summed E-state index contributed by atoms with van der Waals surface area (Å²) >= 11 is 1.58. The number of hydrogen-bond acceptors (Lipinski definition) is 7. The van der Waals surface area contributed by atoms with Crippen LogP contribution in [0.15, 0.2) is 59.6 Å². The van der Waals surface area contributed by atoms with Gasteiger partial charge >= 0.3 is 0 Å². The highest BCUT2D eigenvalue weighted by atomic mass is 32.1. The van der Waals surface area contributed by atoms with Crippen molar-refractivity contribution in [3.63, 3.8) is 0 Å². The van der Waals surface area contributed by atoms with E-state index in [0.717, 1.165) is 37.4 Å². The smallest absolute Gasteiger partial charge is 0.249 e. The van der Waals surface area contributed by atoms with Gasteiger partial charge in [0.1, 0.15) is 5.82 Å². The van der Waals surface area contributed by atoms with Crippen molar-refractivity contribution in [3.8, 4) is 23.0 Å². The number of rotatable bonds is 6. The van der Waals surface area contributed by atoms with Crippen LogP contribution in [0.1, 0.15) is 32.6 Å². The quantitative estimate of drug-likeness (QED) is 0.347. The molecule has 1 aliphatic rings.